The second-order valence-electron chi connectivity index (χ2n) is 3.88. The molecule has 0 atom stereocenters. The molecule has 1 saturated carbocycles. The Bertz CT molecular complexity index is 407. The zero-order valence-electron chi connectivity index (χ0n) is 8.95. The molecule has 0 saturated heterocycles. The van der Waals surface area contributed by atoms with Gasteiger partial charge in [-0.2, -0.15) is 0 Å². The van der Waals surface area contributed by atoms with Gasteiger partial charge in [0.1, 0.15) is 5.69 Å². The molecule has 2 rings (SSSR count). The molecule has 0 aromatic heterocycles. The lowest BCUT2D eigenvalue weighted by molar-refractivity contribution is 0.490. The summed E-state index contributed by atoms with van der Waals surface area (Å²) < 4.78 is 0. The van der Waals surface area contributed by atoms with Crippen molar-refractivity contribution >= 4 is 34.8 Å². The summed E-state index contributed by atoms with van der Waals surface area (Å²) in [4.78, 5) is 6.23. The van der Waals surface area contributed by atoms with E-state index in [1.807, 2.05) is 11.9 Å². The van der Waals surface area contributed by atoms with Crippen LogP contribution in [0.25, 0.3) is 0 Å². The third-order valence-corrected chi connectivity index (χ3v) is 3.23. The van der Waals surface area contributed by atoms with E-state index in [1.165, 1.54) is 12.8 Å². The molecular formula is C11H13Cl2N3. The summed E-state index contributed by atoms with van der Waals surface area (Å²) in [5.74, 6) is 0.456. The molecule has 1 aliphatic rings. The smallest absolute Gasteiger partial charge is 0.196 e. The van der Waals surface area contributed by atoms with E-state index in [4.69, 9.17) is 28.9 Å². The van der Waals surface area contributed by atoms with Gasteiger partial charge in [-0.1, -0.05) is 29.3 Å². The largest absolute Gasteiger partial charge is 0.369 e. The van der Waals surface area contributed by atoms with E-state index < -0.39 is 0 Å². The topological polar surface area (TPSA) is 41.6 Å². The minimum atomic E-state index is 0.456. The van der Waals surface area contributed by atoms with Crippen molar-refractivity contribution in [2.24, 2.45) is 10.7 Å². The fourth-order valence-corrected chi connectivity index (χ4v) is 1.92. The van der Waals surface area contributed by atoms with E-state index in [-0.39, 0.29) is 0 Å². The maximum Gasteiger partial charge on any atom is 0.196 e. The molecule has 1 fully saturated rings. The van der Waals surface area contributed by atoms with Crippen LogP contribution in [0.4, 0.5) is 5.69 Å². The Morgan fingerprint density at radius 3 is 2.44 bits per heavy atom. The lowest BCUT2D eigenvalue weighted by Crippen LogP contribution is -2.35. The predicted molar refractivity (Wildman–Crippen MR) is 68.5 cm³/mol. The average molecular weight is 258 g/mol. The number of guanidine groups is 1. The van der Waals surface area contributed by atoms with Crippen LogP contribution in [-0.2, 0) is 0 Å². The van der Waals surface area contributed by atoms with Crippen molar-refractivity contribution in [1.29, 1.82) is 0 Å². The molecule has 0 aliphatic heterocycles. The van der Waals surface area contributed by atoms with Gasteiger partial charge in [-0.3, -0.25) is 0 Å². The zero-order chi connectivity index (χ0) is 11.7. The Kier molecular flexibility index (Phi) is 3.26. The Morgan fingerprint density at radius 2 is 1.94 bits per heavy atom. The van der Waals surface area contributed by atoms with Crippen molar-refractivity contribution in [3.05, 3.63) is 28.2 Å². The number of hydrogen-bond acceptors (Lipinski definition) is 1. The van der Waals surface area contributed by atoms with Crippen molar-refractivity contribution in [2.45, 2.75) is 18.9 Å². The third-order valence-electron chi connectivity index (χ3n) is 2.62. The van der Waals surface area contributed by atoms with Gasteiger partial charge in [-0.05, 0) is 25.0 Å². The number of rotatable bonds is 2. The number of para-hydroxylation sites is 1. The maximum atomic E-state index is 6.01. The van der Waals surface area contributed by atoms with E-state index in [2.05, 4.69) is 4.99 Å². The molecule has 0 amide bonds. The summed E-state index contributed by atoms with van der Waals surface area (Å²) >= 11 is 12.0. The molecule has 2 N–H and O–H groups in total. The van der Waals surface area contributed by atoms with Gasteiger partial charge in [0, 0.05) is 13.1 Å². The average Bonchev–Trinajstić information content (AvgIpc) is 3.06. The summed E-state index contributed by atoms with van der Waals surface area (Å²) in [6.07, 6.45) is 2.34. The van der Waals surface area contributed by atoms with Gasteiger partial charge < -0.3 is 10.6 Å². The van der Waals surface area contributed by atoms with Crippen LogP contribution in [0.5, 0.6) is 0 Å². The maximum absolute atomic E-state index is 6.01. The molecule has 0 unspecified atom stereocenters. The predicted octanol–water partition coefficient (Wildman–Crippen LogP) is 3.03. The van der Waals surface area contributed by atoms with Crippen molar-refractivity contribution in [3.8, 4) is 0 Å². The molecule has 5 heteroatoms. The minimum absolute atomic E-state index is 0.456. The molecular weight excluding hydrogens is 245 g/mol. The van der Waals surface area contributed by atoms with Crippen LogP contribution in [-0.4, -0.2) is 23.9 Å². The standard InChI is InChI=1S/C11H13Cl2N3/c1-16(7-5-6-7)11(14)15-10-8(12)3-2-4-9(10)13/h2-4,7H,5-6H2,1H3,(H2,14,15). The Balaban J connectivity index is 2.27. The van der Waals surface area contributed by atoms with Gasteiger partial charge in [-0.25, -0.2) is 4.99 Å². The molecule has 0 bridgehead atoms. The highest BCUT2D eigenvalue weighted by molar-refractivity contribution is 6.38. The monoisotopic (exact) mass is 257 g/mol. The summed E-state index contributed by atoms with van der Waals surface area (Å²) in [5.41, 5.74) is 6.42. The van der Waals surface area contributed by atoms with Gasteiger partial charge in [0.25, 0.3) is 0 Å². The number of aliphatic imine (C=N–C) groups is 1. The number of hydrogen-bond donors (Lipinski definition) is 1. The van der Waals surface area contributed by atoms with Crippen LogP contribution in [0, 0.1) is 0 Å². The summed E-state index contributed by atoms with van der Waals surface area (Å²) in [6, 6.07) is 5.79. The van der Waals surface area contributed by atoms with Crippen LogP contribution >= 0.6 is 23.2 Å². The molecule has 1 aliphatic carbocycles. The van der Waals surface area contributed by atoms with Crippen molar-refractivity contribution in [2.75, 3.05) is 7.05 Å². The second kappa shape index (κ2) is 4.52. The van der Waals surface area contributed by atoms with Gasteiger partial charge in [0.2, 0.25) is 0 Å². The van der Waals surface area contributed by atoms with E-state index in [1.54, 1.807) is 18.2 Å². The molecule has 3 nitrogen and oxygen atoms in total. The molecule has 86 valence electrons. The van der Waals surface area contributed by atoms with E-state index in [9.17, 15) is 0 Å². The number of halogens is 2. The quantitative estimate of drug-likeness (QED) is 0.654. The summed E-state index contributed by atoms with van der Waals surface area (Å²) in [5, 5.41) is 1.03. The minimum Gasteiger partial charge on any atom is -0.369 e. The third kappa shape index (κ3) is 2.42. The number of benzene rings is 1. The van der Waals surface area contributed by atoms with Crippen molar-refractivity contribution in [1.82, 2.24) is 4.90 Å². The molecule has 0 spiro atoms. The molecule has 1 aromatic carbocycles. The lowest BCUT2D eigenvalue weighted by atomic mass is 10.3. The highest BCUT2D eigenvalue weighted by atomic mass is 35.5. The van der Waals surface area contributed by atoms with E-state index in [0.717, 1.165) is 0 Å². The first-order chi connectivity index (χ1) is 7.59. The normalized spacial score (nSPS) is 16.3. The van der Waals surface area contributed by atoms with Crippen LogP contribution < -0.4 is 5.73 Å². The first-order valence-corrected chi connectivity index (χ1v) is 5.86. The van der Waals surface area contributed by atoms with Crippen LogP contribution in [0.15, 0.2) is 23.2 Å². The molecule has 1 aromatic rings. The summed E-state index contributed by atoms with van der Waals surface area (Å²) in [6.45, 7) is 0. The number of nitrogens with zero attached hydrogens (tertiary/aromatic N) is 2. The Morgan fingerprint density at radius 1 is 1.38 bits per heavy atom. The van der Waals surface area contributed by atoms with Gasteiger partial charge in [-0.15, -0.1) is 0 Å². The highest BCUT2D eigenvalue weighted by Gasteiger charge is 2.27. The van der Waals surface area contributed by atoms with Gasteiger partial charge in [0.05, 0.1) is 10.0 Å². The zero-order valence-corrected chi connectivity index (χ0v) is 10.5. The van der Waals surface area contributed by atoms with E-state index >= 15 is 0 Å². The molecule has 0 heterocycles. The van der Waals surface area contributed by atoms with Crippen LogP contribution in [0.2, 0.25) is 10.0 Å². The Hall–Kier alpha value is -0.930. The second-order valence-corrected chi connectivity index (χ2v) is 4.70. The van der Waals surface area contributed by atoms with Crippen molar-refractivity contribution in [3.63, 3.8) is 0 Å². The van der Waals surface area contributed by atoms with E-state index in [0.29, 0.717) is 27.7 Å². The summed E-state index contributed by atoms with van der Waals surface area (Å²) in [7, 11) is 1.93. The fraction of sp³-hybridized carbons (Fsp3) is 0.364. The van der Waals surface area contributed by atoms with Crippen LogP contribution in [0.3, 0.4) is 0 Å². The first-order valence-electron chi connectivity index (χ1n) is 5.10. The van der Waals surface area contributed by atoms with Gasteiger partial charge in [0.15, 0.2) is 5.96 Å². The SMILES string of the molecule is CN(C(N)=Nc1c(Cl)cccc1Cl)C1CC1. The molecule has 0 radical (unpaired) electrons. The fourth-order valence-electron chi connectivity index (χ4n) is 1.44. The number of nitrogens with two attached hydrogens (primary N) is 1. The molecule has 16 heavy (non-hydrogen) atoms. The highest BCUT2D eigenvalue weighted by Crippen LogP contribution is 2.33. The lowest BCUT2D eigenvalue weighted by Gasteiger charge is -2.17. The van der Waals surface area contributed by atoms with Crippen LogP contribution in [0.1, 0.15) is 12.8 Å². The Labute approximate surface area is 105 Å². The first kappa shape index (κ1) is 11.6. The van der Waals surface area contributed by atoms with Gasteiger partial charge >= 0.3 is 0 Å². The van der Waals surface area contributed by atoms with Crippen molar-refractivity contribution < 1.29 is 0 Å².